The molecule has 3 aliphatic heterocycles. The monoisotopic (exact) mass is 936 g/mol. The first-order valence-electron chi connectivity index (χ1n) is 23.7. The van der Waals surface area contributed by atoms with Gasteiger partial charge >= 0.3 is 0 Å². The molecule has 5 rings (SSSR count). The van der Waals surface area contributed by atoms with Crippen molar-refractivity contribution >= 4 is 41.4 Å². The van der Waals surface area contributed by atoms with E-state index in [0.717, 1.165) is 24.2 Å². The predicted octanol–water partition coefficient (Wildman–Crippen LogP) is 0.942. The highest BCUT2D eigenvalue weighted by Crippen LogP contribution is 2.23. The van der Waals surface area contributed by atoms with Crippen LogP contribution in [0.1, 0.15) is 114 Å². The van der Waals surface area contributed by atoms with E-state index in [1.54, 1.807) is 36.4 Å². The highest BCUT2D eigenvalue weighted by Gasteiger charge is 2.45. The maximum atomic E-state index is 14.3. The second-order valence-electron chi connectivity index (χ2n) is 17.9. The number of hydrogen-bond donors (Lipinski definition) is 9. The normalized spacial score (nSPS) is 25.7. The number of amides is 7. The molecule has 9 atom stereocenters. The zero-order chi connectivity index (χ0) is 48.6. The Morgan fingerprint density at radius 1 is 0.761 bits per heavy atom. The summed E-state index contributed by atoms with van der Waals surface area (Å²) in [5.74, 6) is -4.69. The van der Waals surface area contributed by atoms with E-state index >= 15 is 0 Å². The summed E-state index contributed by atoms with van der Waals surface area (Å²) in [6, 6.07) is 4.46. The number of aryl methyl sites for hydroxylation is 1. The molecule has 0 spiro atoms. The Balaban J connectivity index is 1.40. The maximum absolute atomic E-state index is 14.3. The quantitative estimate of drug-likeness (QED) is 0.113. The summed E-state index contributed by atoms with van der Waals surface area (Å²) in [5, 5.41) is 55.7. The molecule has 2 aromatic rings. The number of fused-ring (bicyclic) bond motifs is 2. The average molecular weight is 936 g/mol. The molecule has 0 bridgehead atoms. The lowest BCUT2D eigenvalue weighted by Gasteiger charge is -2.32. The van der Waals surface area contributed by atoms with Gasteiger partial charge < -0.3 is 61.5 Å². The molecule has 3 heterocycles. The average Bonchev–Trinajstić information content (AvgIpc) is 3.96. The Kier molecular flexibility index (Phi) is 19.8. The van der Waals surface area contributed by atoms with E-state index in [9.17, 15) is 54.0 Å². The van der Waals surface area contributed by atoms with Gasteiger partial charge in [0.2, 0.25) is 35.4 Å². The Morgan fingerprint density at radius 3 is 2.07 bits per heavy atom. The number of ether oxygens (including phenoxy) is 1. The molecule has 19 nitrogen and oxygen atoms in total. The van der Waals surface area contributed by atoms with Gasteiger partial charge in [0.15, 0.2) is 0 Å². The zero-order valence-corrected chi connectivity index (χ0v) is 38.8. The van der Waals surface area contributed by atoms with Crippen LogP contribution >= 0.6 is 0 Å². The van der Waals surface area contributed by atoms with Crippen molar-refractivity contribution in [2.24, 2.45) is 0 Å². The molecule has 2 aromatic carbocycles. The lowest BCUT2D eigenvalue weighted by molar-refractivity contribution is -0.145. The summed E-state index contributed by atoms with van der Waals surface area (Å²) in [6.45, 7) is 5.10. The fraction of sp³-hybridized carbons (Fsp3) is 0.604. The Bertz CT molecular complexity index is 2000. The van der Waals surface area contributed by atoms with Crippen molar-refractivity contribution in [1.82, 2.24) is 36.4 Å². The number of unbranched alkanes of at least 4 members (excludes halogenated alkanes) is 5. The number of carbonyl (C=O) groups is 7. The first kappa shape index (κ1) is 52.2. The molecule has 19 heteroatoms. The van der Waals surface area contributed by atoms with Crippen LogP contribution in [0.4, 0.5) is 0 Å². The van der Waals surface area contributed by atoms with Crippen LogP contribution in [0.25, 0.3) is 0 Å². The molecule has 3 aliphatic rings. The van der Waals surface area contributed by atoms with Gasteiger partial charge in [0, 0.05) is 31.6 Å². The molecule has 9 N–H and O–H groups in total. The molecule has 0 unspecified atom stereocenters. The number of nitrogens with one attached hydrogen (secondary N) is 5. The zero-order valence-electron chi connectivity index (χ0n) is 38.8. The molecule has 7 amide bonds. The third-order valence-corrected chi connectivity index (χ3v) is 12.6. The van der Waals surface area contributed by atoms with E-state index in [2.05, 4.69) is 33.5 Å². The first-order valence-corrected chi connectivity index (χ1v) is 23.7. The van der Waals surface area contributed by atoms with Crippen LogP contribution in [0, 0.1) is 0 Å². The molecule has 3 fully saturated rings. The predicted molar refractivity (Wildman–Crippen MR) is 245 cm³/mol. The van der Waals surface area contributed by atoms with Crippen molar-refractivity contribution in [3.05, 3.63) is 59.7 Å². The van der Waals surface area contributed by atoms with Gasteiger partial charge in [0.05, 0.1) is 24.9 Å². The van der Waals surface area contributed by atoms with E-state index in [-0.39, 0.29) is 63.1 Å². The highest BCUT2D eigenvalue weighted by molar-refractivity contribution is 6.00. The number of aliphatic hydroxyl groups excluding tert-OH is 3. The third-order valence-electron chi connectivity index (χ3n) is 12.6. The molecule has 67 heavy (non-hydrogen) atoms. The summed E-state index contributed by atoms with van der Waals surface area (Å²) in [7, 11) is 0. The number of aromatic hydroxyl groups is 1. The van der Waals surface area contributed by atoms with E-state index < -0.39 is 95.9 Å². The molecule has 0 radical (unpaired) electrons. The SMILES string of the molecule is CCCCCCCCOc1ccc(C(=O)N[C@H]2CCCNC(=O)[C@@H]3CCCN3C(=O)[C@H]([C@@H](C)O)NC(=O)[C@H](CCc3ccc(O)cc3)NC(=O)[C@@H]3C[C@@H](O)CN3C(=O)[C@H]([C@@H](C)O)NC2=O)cc1. The number of aliphatic hydroxyl groups is 3. The van der Waals surface area contributed by atoms with Crippen LogP contribution < -0.4 is 31.3 Å². The van der Waals surface area contributed by atoms with Gasteiger partial charge in [-0.15, -0.1) is 0 Å². The van der Waals surface area contributed by atoms with Gasteiger partial charge in [0.1, 0.15) is 47.8 Å². The van der Waals surface area contributed by atoms with Crippen molar-refractivity contribution < 1.29 is 58.7 Å². The Morgan fingerprint density at radius 2 is 1.40 bits per heavy atom. The first-order chi connectivity index (χ1) is 32.1. The number of nitrogens with zero attached hydrogens (tertiary/aromatic N) is 2. The van der Waals surface area contributed by atoms with E-state index in [4.69, 9.17) is 4.74 Å². The van der Waals surface area contributed by atoms with Gasteiger partial charge in [-0.3, -0.25) is 33.6 Å². The minimum Gasteiger partial charge on any atom is -0.508 e. The number of hydrogen-bond acceptors (Lipinski definition) is 12. The lowest BCUT2D eigenvalue weighted by Crippen LogP contribution is -2.61. The number of rotatable bonds is 15. The molecule has 0 aromatic heterocycles. The van der Waals surface area contributed by atoms with Crippen LogP contribution in [0.5, 0.6) is 11.5 Å². The summed E-state index contributed by atoms with van der Waals surface area (Å²) >= 11 is 0. The summed E-state index contributed by atoms with van der Waals surface area (Å²) in [4.78, 5) is 100. The van der Waals surface area contributed by atoms with Gasteiger partial charge in [-0.2, -0.15) is 0 Å². The van der Waals surface area contributed by atoms with Crippen LogP contribution in [0.3, 0.4) is 0 Å². The molecular weight excluding hydrogens is 867 g/mol. The highest BCUT2D eigenvalue weighted by atomic mass is 16.5. The van der Waals surface area contributed by atoms with Crippen LogP contribution in [0.2, 0.25) is 0 Å². The van der Waals surface area contributed by atoms with E-state index in [0.29, 0.717) is 30.8 Å². The molecular formula is C48H69N7O12. The van der Waals surface area contributed by atoms with Crippen LogP contribution in [-0.4, -0.2) is 152 Å². The van der Waals surface area contributed by atoms with Gasteiger partial charge in [-0.25, -0.2) is 0 Å². The maximum Gasteiger partial charge on any atom is 0.251 e. The van der Waals surface area contributed by atoms with Crippen molar-refractivity contribution in [3.8, 4) is 11.5 Å². The largest absolute Gasteiger partial charge is 0.508 e. The van der Waals surface area contributed by atoms with Gasteiger partial charge in [0.25, 0.3) is 5.91 Å². The molecule has 368 valence electrons. The smallest absolute Gasteiger partial charge is 0.251 e. The van der Waals surface area contributed by atoms with Crippen molar-refractivity contribution in [1.29, 1.82) is 0 Å². The third kappa shape index (κ3) is 14.9. The number of phenols is 1. The molecule has 3 saturated heterocycles. The number of benzene rings is 2. The number of carbonyl (C=O) groups excluding carboxylic acids is 7. The van der Waals surface area contributed by atoms with Crippen LogP contribution in [0.15, 0.2) is 48.5 Å². The topological polar surface area (TPSA) is 276 Å². The summed E-state index contributed by atoms with van der Waals surface area (Å²) < 4.78 is 5.86. The Labute approximate surface area is 391 Å². The minimum atomic E-state index is -1.65. The summed E-state index contributed by atoms with van der Waals surface area (Å²) in [5.41, 5.74) is 0.908. The molecule has 0 saturated carbocycles. The van der Waals surface area contributed by atoms with Crippen LogP contribution in [-0.2, 0) is 35.2 Å². The minimum absolute atomic E-state index is 0.0147. The van der Waals surface area contributed by atoms with E-state index in [1.165, 1.54) is 50.1 Å². The molecule has 0 aliphatic carbocycles. The summed E-state index contributed by atoms with van der Waals surface area (Å²) in [6.07, 6.45) is 3.27. The van der Waals surface area contributed by atoms with Crippen molar-refractivity contribution in [2.45, 2.75) is 159 Å². The standard InChI is InChI=1S/C48H69N7O12/c1-4-5-6-7-8-9-26-67-35-21-17-32(18-22-35)42(60)50-36-12-10-24-49-45(63)38-13-11-25-54(38)47(65)40(29(2)56)52-44(62)37(23-16-31-14-19-33(58)20-15-31)51-46(64)39-27-34(59)28-55(39)48(66)41(30(3)57)53-43(36)61/h14-15,17-22,29-30,34,36-41,56-59H,4-13,16,23-28H2,1-3H3,(H,49,63)(H,50,60)(H,51,64)(H,52,62)(H,53,61)/t29-,30-,34-,36+,37+,38+,39+,40+,41+/m1/s1. The van der Waals surface area contributed by atoms with Gasteiger partial charge in [-0.1, -0.05) is 51.2 Å². The second kappa shape index (κ2) is 25.4. The fourth-order valence-corrected chi connectivity index (χ4v) is 8.68. The lowest BCUT2D eigenvalue weighted by atomic mass is 10.0. The second-order valence-corrected chi connectivity index (χ2v) is 17.9. The van der Waals surface area contributed by atoms with Gasteiger partial charge in [-0.05, 0) is 101 Å². The number of phenolic OH excluding ortho intramolecular Hbond substituents is 1. The van der Waals surface area contributed by atoms with E-state index in [1.807, 2.05) is 0 Å². The van der Waals surface area contributed by atoms with Crippen molar-refractivity contribution in [2.75, 3.05) is 26.2 Å². The Hall–Kier alpha value is -5.79. The fourth-order valence-electron chi connectivity index (χ4n) is 8.68. The van der Waals surface area contributed by atoms with Crippen molar-refractivity contribution in [3.63, 3.8) is 0 Å².